The molecule has 3 aliphatic rings. The summed E-state index contributed by atoms with van der Waals surface area (Å²) >= 11 is 0. The maximum atomic E-state index is 14.5. The molecule has 0 unspecified atom stereocenters. The number of β-amino-alcohol motifs (C(OH)–C–C–N with tert-alkyl or cyclic N) is 1. The van der Waals surface area contributed by atoms with E-state index in [2.05, 4.69) is 37.7 Å². The molecule has 0 radical (unpaired) electrons. The third-order valence-electron chi connectivity index (χ3n) is 14.3. The second kappa shape index (κ2) is 33.4. The summed E-state index contributed by atoms with van der Waals surface area (Å²) in [6.07, 6.45) is -0.0404. The van der Waals surface area contributed by atoms with Gasteiger partial charge in [0.25, 0.3) is 0 Å². The van der Waals surface area contributed by atoms with Crippen LogP contribution in [0.5, 0.6) is 11.5 Å². The van der Waals surface area contributed by atoms with Crippen molar-refractivity contribution in [1.82, 2.24) is 36.4 Å². The quantitative estimate of drug-likeness (QED) is 0.0260. The average molecular weight is 1170 g/mol. The van der Waals surface area contributed by atoms with Crippen molar-refractivity contribution in [3.05, 3.63) is 23.8 Å². The molecular formula is C51H81N8NaO19S. The number of unbranched alkanes of at least 4 members (excludes halogenated alkanes) is 12. The number of aliphatic hydroxyl groups excluding tert-OH is 6. The molecule has 3 fully saturated rings. The third-order valence-corrected chi connectivity index (χ3v) is 14.7. The minimum absolute atomic E-state index is 0. The van der Waals surface area contributed by atoms with Gasteiger partial charge < -0.3 is 82.0 Å². The Bertz CT molecular complexity index is 2370. The van der Waals surface area contributed by atoms with Crippen LogP contribution in [0.15, 0.2) is 18.2 Å². The molecule has 0 aliphatic carbocycles. The number of primary amides is 1. The minimum Gasteiger partial charge on any atom is -0.870 e. The van der Waals surface area contributed by atoms with Crippen LogP contribution in [0.1, 0.15) is 135 Å². The van der Waals surface area contributed by atoms with Crippen LogP contribution in [-0.2, 0) is 55.2 Å². The van der Waals surface area contributed by atoms with Gasteiger partial charge in [0, 0.05) is 51.2 Å². The molecule has 80 heavy (non-hydrogen) atoms. The zero-order chi connectivity index (χ0) is 58.7. The largest absolute Gasteiger partial charge is 1.00 e. The number of hydrogen-bond acceptors (Lipinski definition) is 18. The summed E-state index contributed by atoms with van der Waals surface area (Å²) in [5.41, 5.74) is 5.20. The first kappa shape index (κ1) is 69.5. The number of rotatable bonds is 24. The van der Waals surface area contributed by atoms with E-state index in [1.165, 1.54) is 45.4 Å². The average Bonchev–Trinajstić information content (AvgIpc) is 3.91. The standard InChI is InChI=1S/C51H82N8O19S.Na/c1-4-5-6-7-8-9-10-11-12-13-14-15-16-17-40(67)54-33-22-31(61)25-53-49(72)44-45(68)28(2)26-59(44)51(74)43(37(65)24-39(52)66)57-48(71)42(36(64)20-30-18-19-35(63)38(21-30)78-79(75,76)77)56-47(70)34-23-32(62)27-58(34)50(73)41(29(3)60)55-46(33)69;/h18-19,21,28-29,31-34,36-37,41-45,60-65,68H,4-17,20,22-27H2,1-3H3,(H2,52,66)(H,53,72)(H,54,67)(H,55,69)(H,56,70)(H,57,71)(H,75,76,77);/q;+1/p-1/t28-,29+,31+,32+,33-,34-,36+,37+,41-,42-,43-,44-,45-;/m0./s1. The molecule has 0 saturated carbocycles. The van der Waals surface area contributed by atoms with Gasteiger partial charge in [0.15, 0.2) is 0 Å². The van der Waals surface area contributed by atoms with Gasteiger partial charge in [-0.15, -0.1) is 0 Å². The number of nitrogens with two attached hydrogens (primary N) is 1. The van der Waals surface area contributed by atoms with Crippen LogP contribution in [0.3, 0.4) is 0 Å². The van der Waals surface area contributed by atoms with Crippen molar-refractivity contribution in [2.24, 2.45) is 11.7 Å². The Morgan fingerprint density at radius 1 is 0.762 bits per heavy atom. The van der Waals surface area contributed by atoms with Gasteiger partial charge >= 0.3 is 40.0 Å². The van der Waals surface area contributed by atoms with Crippen LogP contribution in [0.4, 0.5) is 0 Å². The van der Waals surface area contributed by atoms with E-state index in [0.29, 0.717) is 12.8 Å². The number of aliphatic hydroxyl groups is 6. The van der Waals surface area contributed by atoms with E-state index in [0.717, 1.165) is 67.0 Å². The molecule has 0 spiro atoms. The Morgan fingerprint density at radius 3 is 1.90 bits per heavy atom. The predicted molar refractivity (Wildman–Crippen MR) is 278 cm³/mol. The van der Waals surface area contributed by atoms with Gasteiger partial charge in [-0.05, 0) is 25.0 Å². The molecule has 27 nitrogen and oxygen atoms in total. The first-order valence-electron chi connectivity index (χ1n) is 27.1. The molecule has 8 amide bonds. The fraction of sp³-hybridized carbons (Fsp3) is 0.725. The SMILES string of the molecule is CCCCCCCCCCCCCCCC(=O)N[C@H]1C[C@@H](O)CNC(=O)[C@@H]2[C@@H](O)[C@@H](C)CN2C(=O)[C@H]([C@H](O)CC(N)=O)NC(=O)[C@H]([C@H](O)Cc2ccc([O-])c(OS(=O)(=O)O)c2)NC(=O)[C@@H]2C[C@@H](O)CN2C(=O)[C@H]([C@@H](C)O)NC1=O.[Na+]. The fourth-order valence-electron chi connectivity index (χ4n) is 10.0. The predicted octanol–water partition coefficient (Wildman–Crippen LogP) is -6.06. The second-order valence-electron chi connectivity index (χ2n) is 21.0. The second-order valence-corrected chi connectivity index (χ2v) is 22.1. The van der Waals surface area contributed by atoms with E-state index in [1.807, 2.05) is 0 Å². The summed E-state index contributed by atoms with van der Waals surface area (Å²) in [6, 6.07) is -8.98. The Hall–Kier alpha value is -4.75. The van der Waals surface area contributed by atoms with E-state index in [-0.39, 0.29) is 41.5 Å². The van der Waals surface area contributed by atoms with E-state index in [1.54, 1.807) is 0 Å². The zero-order valence-corrected chi connectivity index (χ0v) is 48.8. The summed E-state index contributed by atoms with van der Waals surface area (Å²) in [4.78, 5) is 113. The molecule has 29 heteroatoms. The van der Waals surface area contributed by atoms with Crippen molar-refractivity contribution < 1.29 is 121 Å². The normalized spacial score (nSPS) is 26.7. The molecule has 446 valence electrons. The topological polar surface area (TPSA) is 437 Å². The molecule has 0 bridgehead atoms. The summed E-state index contributed by atoms with van der Waals surface area (Å²) < 4.78 is 36.5. The van der Waals surface area contributed by atoms with Crippen molar-refractivity contribution >= 4 is 57.7 Å². The van der Waals surface area contributed by atoms with Crippen LogP contribution in [0.2, 0.25) is 0 Å². The van der Waals surface area contributed by atoms with E-state index in [4.69, 9.17) is 5.73 Å². The van der Waals surface area contributed by atoms with Gasteiger partial charge in [-0.3, -0.25) is 42.9 Å². The minimum atomic E-state index is -5.26. The van der Waals surface area contributed by atoms with Crippen molar-refractivity contribution in [3.8, 4) is 11.5 Å². The molecule has 1 aromatic rings. The number of carbonyl (C=O) groups excluding carboxylic acids is 8. The first-order chi connectivity index (χ1) is 37.2. The number of fused-ring (bicyclic) bond motifs is 2. The third kappa shape index (κ3) is 21.5. The van der Waals surface area contributed by atoms with E-state index >= 15 is 0 Å². The molecule has 3 aliphatic heterocycles. The Balaban J connectivity index is 0.0000168. The van der Waals surface area contributed by atoms with Crippen molar-refractivity contribution in [2.75, 3.05) is 19.6 Å². The van der Waals surface area contributed by atoms with Crippen molar-refractivity contribution in [3.63, 3.8) is 0 Å². The van der Waals surface area contributed by atoms with Gasteiger partial charge in [-0.1, -0.05) is 109 Å². The van der Waals surface area contributed by atoms with Gasteiger partial charge in [0.1, 0.15) is 42.0 Å². The molecule has 3 saturated heterocycles. The van der Waals surface area contributed by atoms with Crippen molar-refractivity contribution in [1.29, 1.82) is 0 Å². The molecule has 3 heterocycles. The molecule has 13 atom stereocenters. The number of carbonyl (C=O) groups is 8. The van der Waals surface area contributed by atoms with E-state index < -0.39 is 193 Å². The molecule has 1 aromatic carbocycles. The number of benzene rings is 1. The maximum Gasteiger partial charge on any atom is 1.00 e. The smallest absolute Gasteiger partial charge is 0.870 e. The van der Waals surface area contributed by atoms with Crippen molar-refractivity contribution in [2.45, 2.75) is 209 Å². The summed E-state index contributed by atoms with van der Waals surface area (Å²) in [5, 5.41) is 91.6. The van der Waals surface area contributed by atoms with Gasteiger partial charge in [-0.25, -0.2) is 0 Å². The van der Waals surface area contributed by atoms with Crippen LogP contribution in [0.25, 0.3) is 0 Å². The van der Waals surface area contributed by atoms with Crippen LogP contribution >= 0.6 is 0 Å². The van der Waals surface area contributed by atoms with Crippen LogP contribution < -0.4 is 71.2 Å². The number of amides is 8. The molecule has 14 N–H and O–H groups in total. The van der Waals surface area contributed by atoms with Crippen LogP contribution in [0, 0.1) is 5.92 Å². The zero-order valence-electron chi connectivity index (χ0n) is 46.0. The van der Waals surface area contributed by atoms with Gasteiger partial charge in [-0.2, -0.15) is 8.42 Å². The van der Waals surface area contributed by atoms with Crippen LogP contribution in [-0.4, -0.2) is 193 Å². The summed E-state index contributed by atoms with van der Waals surface area (Å²) in [5.74, 6) is -12.1. The molecular weight excluding hydrogens is 1080 g/mol. The number of nitrogens with zero attached hydrogens (tertiary/aromatic N) is 2. The monoisotopic (exact) mass is 1160 g/mol. The molecule has 4 rings (SSSR count). The Morgan fingerprint density at radius 2 is 1.32 bits per heavy atom. The van der Waals surface area contributed by atoms with E-state index in [9.17, 15) is 87.1 Å². The first-order valence-corrected chi connectivity index (χ1v) is 28.5. The van der Waals surface area contributed by atoms with Gasteiger partial charge in [0.2, 0.25) is 47.3 Å². The summed E-state index contributed by atoms with van der Waals surface area (Å²) in [7, 11) is -5.26. The van der Waals surface area contributed by atoms with Gasteiger partial charge in [0.05, 0.1) is 43.0 Å². The Kier molecular flexibility index (Phi) is 29.0. The number of nitrogens with one attached hydrogen (secondary N) is 5. The molecule has 0 aromatic heterocycles. The summed E-state index contributed by atoms with van der Waals surface area (Å²) in [6.45, 7) is 3.09. The fourth-order valence-corrected chi connectivity index (χ4v) is 10.4. The maximum absolute atomic E-state index is 14.5. The number of hydrogen-bond donors (Lipinski definition) is 13. The Labute approximate surface area is 488 Å².